The molecule has 0 spiro atoms. The molecule has 4 aliphatic rings. The van der Waals surface area contributed by atoms with E-state index in [0.717, 1.165) is 30.3 Å². The zero-order valence-corrected chi connectivity index (χ0v) is 11.7. The fourth-order valence-corrected chi connectivity index (χ4v) is 5.08. The van der Waals surface area contributed by atoms with Crippen molar-refractivity contribution in [3.63, 3.8) is 0 Å². The Kier molecular flexibility index (Phi) is 2.91. The lowest BCUT2D eigenvalue weighted by atomic mass is 9.52. The summed E-state index contributed by atoms with van der Waals surface area (Å²) in [5, 5.41) is 9.10. The van der Waals surface area contributed by atoms with Crippen molar-refractivity contribution >= 4 is 0 Å². The van der Waals surface area contributed by atoms with Crippen LogP contribution in [0.4, 0.5) is 0 Å². The molecule has 20 heavy (non-hydrogen) atoms. The molecule has 0 N–H and O–H groups in total. The number of aromatic nitrogens is 1. The smallest absolute Gasteiger partial charge is 0.155 e. The Morgan fingerprint density at radius 2 is 1.85 bits per heavy atom. The van der Waals surface area contributed by atoms with Crippen molar-refractivity contribution in [3.05, 3.63) is 24.0 Å². The molecule has 3 nitrogen and oxygen atoms in total. The van der Waals surface area contributed by atoms with Gasteiger partial charge < -0.3 is 4.74 Å². The van der Waals surface area contributed by atoms with Crippen molar-refractivity contribution in [1.82, 2.24) is 4.98 Å². The predicted molar refractivity (Wildman–Crippen MR) is 75.0 cm³/mol. The average molecular weight is 268 g/mol. The lowest BCUT2D eigenvalue weighted by Crippen LogP contribution is -2.47. The number of rotatable bonds is 3. The highest BCUT2D eigenvalue weighted by Gasteiger charge is 2.48. The van der Waals surface area contributed by atoms with Crippen LogP contribution >= 0.6 is 0 Å². The molecular formula is C17H20N2O. The van der Waals surface area contributed by atoms with Gasteiger partial charge in [0.25, 0.3) is 0 Å². The molecule has 1 aromatic heterocycles. The lowest BCUT2D eigenvalue weighted by Gasteiger charge is -2.54. The predicted octanol–water partition coefficient (Wildman–Crippen LogP) is 3.40. The van der Waals surface area contributed by atoms with Crippen LogP contribution in [0.5, 0.6) is 5.75 Å². The van der Waals surface area contributed by atoms with Crippen LogP contribution in [0.1, 0.15) is 37.7 Å². The van der Waals surface area contributed by atoms with E-state index in [0.29, 0.717) is 17.2 Å². The van der Waals surface area contributed by atoms with Crippen LogP contribution in [0, 0.1) is 40.9 Å². The summed E-state index contributed by atoms with van der Waals surface area (Å²) >= 11 is 0. The summed E-state index contributed by atoms with van der Waals surface area (Å²) in [5.41, 5.74) is 0.601. The van der Waals surface area contributed by atoms with E-state index in [2.05, 4.69) is 11.1 Å². The van der Waals surface area contributed by atoms with Crippen molar-refractivity contribution in [2.45, 2.75) is 32.1 Å². The molecular weight excluding hydrogens is 248 g/mol. The van der Waals surface area contributed by atoms with Crippen LogP contribution in [0.3, 0.4) is 0 Å². The minimum absolute atomic E-state index is 0.601. The molecule has 1 aromatic rings. The van der Waals surface area contributed by atoms with E-state index in [9.17, 15) is 0 Å². The van der Waals surface area contributed by atoms with Crippen molar-refractivity contribution < 1.29 is 4.74 Å². The van der Waals surface area contributed by atoms with Gasteiger partial charge in [-0.3, -0.25) is 4.98 Å². The molecule has 4 bridgehead atoms. The maximum absolute atomic E-state index is 9.10. The summed E-state index contributed by atoms with van der Waals surface area (Å²) in [6, 6.07) is 3.91. The number of pyridine rings is 1. The van der Waals surface area contributed by atoms with E-state index in [1.54, 1.807) is 18.5 Å². The molecule has 4 saturated carbocycles. The highest BCUT2D eigenvalue weighted by molar-refractivity contribution is 5.40. The zero-order chi connectivity index (χ0) is 13.5. The van der Waals surface area contributed by atoms with Gasteiger partial charge in [-0.05, 0) is 67.8 Å². The zero-order valence-electron chi connectivity index (χ0n) is 11.7. The van der Waals surface area contributed by atoms with E-state index in [4.69, 9.17) is 10.00 Å². The molecule has 5 rings (SSSR count). The average Bonchev–Trinajstić information content (AvgIpc) is 2.46. The lowest BCUT2D eigenvalue weighted by molar-refractivity contribution is -0.0529. The number of hydrogen-bond acceptors (Lipinski definition) is 3. The molecule has 4 fully saturated rings. The number of hydrogen-bond donors (Lipinski definition) is 0. The van der Waals surface area contributed by atoms with Crippen LogP contribution in [0.15, 0.2) is 18.5 Å². The highest BCUT2D eigenvalue weighted by Crippen LogP contribution is 2.56. The standard InChI is InChI=1S/C17H20N2O/c18-8-13-1-2-19-9-17(13)20-10-16-14-4-11-3-12(6-14)7-15(16)5-11/h1-2,9,11-12,14-16H,3-7,10H2. The fourth-order valence-electron chi connectivity index (χ4n) is 5.08. The first-order valence-electron chi connectivity index (χ1n) is 7.80. The van der Waals surface area contributed by atoms with Gasteiger partial charge in [-0.2, -0.15) is 5.26 Å². The third-order valence-corrected chi connectivity index (χ3v) is 5.76. The molecule has 104 valence electrons. The molecule has 0 radical (unpaired) electrons. The van der Waals surface area contributed by atoms with E-state index >= 15 is 0 Å². The van der Waals surface area contributed by atoms with E-state index in [1.807, 2.05) is 0 Å². The Morgan fingerprint density at radius 3 is 2.50 bits per heavy atom. The normalized spacial score (nSPS) is 37.6. The third kappa shape index (κ3) is 1.98. The highest BCUT2D eigenvalue weighted by atomic mass is 16.5. The molecule has 0 saturated heterocycles. The second-order valence-electron chi connectivity index (χ2n) is 6.89. The summed E-state index contributed by atoms with van der Waals surface area (Å²) < 4.78 is 5.97. The van der Waals surface area contributed by atoms with Gasteiger partial charge in [0, 0.05) is 6.20 Å². The Hall–Kier alpha value is -1.56. The largest absolute Gasteiger partial charge is 0.490 e. The Labute approximate surface area is 120 Å². The first-order valence-corrected chi connectivity index (χ1v) is 7.80. The first-order chi connectivity index (χ1) is 9.83. The summed E-state index contributed by atoms with van der Waals surface area (Å²) in [5.74, 6) is 5.10. The quantitative estimate of drug-likeness (QED) is 0.844. The van der Waals surface area contributed by atoms with Crippen molar-refractivity contribution in [2.75, 3.05) is 6.61 Å². The number of ether oxygens (including phenoxy) is 1. The molecule has 0 atom stereocenters. The molecule has 0 amide bonds. The molecule has 4 aliphatic carbocycles. The summed E-state index contributed by atoms with van der Waals surface area (Å²) in [6.45, 7) is 0.773. The van der Waals surface area contributed by atoms with Crippen LogP contribution in [-0.2, 0) is 0 Å². The maximum Gasteiger partial charge on any atom is 0.155 e. The summed E-state index contributed by atoms with van der Waals surface area (Å²) in [7, 11) is 0. The first kappa shape index (κ1) is 12.2. The van der Waals surface area contributed by atoms with E-state index < -0.39 is 0 Å². The number of nitriles is 1. The van der Waals surface area contributed by atoms with Gasteiger partial charge >= 0.3 is 0 Å². The number of nitrogens with zero attached hydrogens (tertiary/aromatic N) is 2. The van der Waals surface area contributed by atoms with Crippen molar-refractivity contribution in [3.8, 4) is 11.8 Å². The van der Waals surface area contributed by atoms with Gasteiger partial charge in [0.15, 0.2) is 5.75 Å². The molecule has 1 heterocycles. The Morgan fingerprint density at radius 1 is 1.15 bits per heavy atom. The second kappa shape index (κ2) is 4.77. The van der Waals surface area contributed by atoms with Gasteiger partial charge in [-0.25, -0.2) is 0 Å². The minimum Gasteiger partial charge on any atom is -0.490 e. The van der Waals surface area contributed by atoms with Crippen molar-refractivity contribution in [2.24, 2.45) is 29.6 Å². The van der Waals surface area contributed by atoms with E-state index in [-0.39, 0.29) is 0 Å². The van der Waals surface area contributed by atoms with Crippen LogP contribution in [0.2, 0.25) is 0 Å². The summed E-state index contributed by atoms with van der Waals surface area (Å²) in [4.78, 5) is 4.07. The van der Waals surface area contributed by atoms with Crippen LogP contribution in [0.25, 0.3) is 0 Å². The second-order valence-corrected chi connectivity index (χ2v) is 6.89. The van der Waals surface area contributed by atoms with Gasteiger partial charge in [-0.1, -0.05) is 0 Å². The van der Waals surface area contributed by atoms with Gasteiger partial charge in [0.1, 0.15) is 6.07 Å². The summed E-state index contributed by atoms with van der Waals surface area (Å²) in [6.07, 6.45) is 10.5. The van der Waals surface area contributed by atoms with Gasteiger partial charge in [0.05, 0.1) is 18.4 Å². The minimum atomic E-state index is 0.601. The molecule has 3 heteroatoms. The molecule has 0 unspecified atom stereocenters. The van der Waals surface area contributed by atoms with Crippen LogP contribution < -0.4 is 4.74 Å². The topological polar surface area (TPSA) is 45.9 Å². The van der Waals surface area contributed by atoms with Gasteiger partial charge in [0.2, 0.25) is 0 Å². The van der Waals surface area contributed by atoms with Crippen LogP contribution in [-0.4, -0.2) is 11.6 Å². The Bertz CT molecular complexity index is 520. The molecule has 0 aromatic carbocycles. The third-order valence-electron chi connectivity index (χ3n) is 5.76. The van der Waals surface area contributed by atoms with E-state index in [1.165, 1.54) is 32.1 Å². The monoisotopic (exact) mass is 268 g/mol. The Balaban J connectivity index is 1.46. The SMILES string of the molecule is N#Cc1ccncc1OCC1C2CC3CC(C2)CC1C3. The molecule has 0 aliphatic heterocycles. The van der Waals surface area contributed by atoms with Crippen molar-refractivity contribution in [1.29, 1.82) is 5.26 Å². The van der Waals surface area contributed by atoms with Gasteiger partial charge in [-0.15, -0.1) is 0 Å². The maximum atomic E-state index is 9.10. The fraction of sp³-hybridized carbons (Fsp3) is 0.647.